The number of carbonyl (C=O) groups excluding carboxylic acids is 1. The van der Waals surface area contributed by atoms with Crippen molar-refractivity contribution in [1.82, 2.24) is 10.2 Å². The third-order valence-corrected chi connectivity index (χ3v) is 5.70. The number of ether oxygens (including phenoxy) is 1. The van der Waals surface area contributed by atoms with Crippen molar-refractivity contribution in [2.45, 2.75) is 22.9 Å². The third kappa shape index (κ3) is 6.87. The van der Waals surface area contributed by atoms with Gasteiger partial charge in [0, 0.05) is 11.4 Å². The number of benzene rings is 2. The average molecular weight is 465 g/mol. The van der Waals surface area contributed by atoms with Crippen LogP contribution >= 0.6 is 23.1 Å². The number of nitriles is 1. The normalized spacial score (nSPS) is 12.0. The van der Waals surface area contributed by atoms with Crippen LogP contribution in [0.5, 0.6) is 5.75 Å². The summed E-state index contributed by atoms with van der Waals surface area (Å²) in [6.07, 6.45) is -4.75. The second-order valence-electron chi connectivity index (χ2n) is 6.01. The number of alkyl halides is 3. The summed E-state index contributed by atoms with van der Waals surface area (Å²) in [5.74, 6) is -0.562. The monoisotopic (exact) mass is 465 g/mol. The largest absolute Gasteiger partial charge is 0.573 e. The third-order valence-electron chi connectivity index (χ3n) is 3.67. The van der Waals surface area contributed by atoms with Crippen LogP contribution in [0, 0.1) is 11.3 Å². The maximum atomic E-state index is 12.4. The van der Waals surface area contributed by atoms with Gasteiger partial charge in [-0.25, -0.2) is 0 Å². The Hall–Kier alpha value is -3.30. The molecule has 0 radical (unpaired) electrons. The first-order valence-electron chi connectivity index (χ1n) is 8.66. The first-order valence-corrected chi connectivity index (χ1v) is 10.4. The van der Waals surface area contributed by atoms with E-state index in [2.05, 4.69) is 25.6 Å². The van der Waals surface area contributed by atoms with Gasteiger partial charge in [0.15, 0.2) is 4.34 Å². The Morgan fingerprint density at radius 2 is 1.77 bits per heavy atom. The Morgan fingerprint density at radius 1 is 1.13 bits per heavy atom. The second kappa shape index (κ2) is 9.67. The van der Waals surface area contributed by atoms with Crippen molar-refractivity contribution >= 4 is 45.5 Å². The lowest BCUT2D eigenvalue weighted by molar-refractivity contribution is -0.274. The highest BCUT2D eigenvalue weighted by molar-refractivity contribution is 8.02. The van der Waals surface area contributed by atoms with Crippen molar-refractivity contribution in [3.63, 3.8) is 0 Å². The molecule has 0 saturated heterocycles. The van der Waals surface area contributed by atoms with Crippen molar-refractivity contribution in [1.29, 1.82) is 5.26 Å². The van der Waals surface area contributed by atoms with Gasteiger partial charge in [-0.1, -0.05) is 23.1 Å². The molecule has 0 aliphatic carbocycles. The van der Waals surface area contributed by atoms with Gasteiger partial charge in [-0.05, 0) is 55.5 Å². The predicted molar refractivity (Wildman–Crippen MR) is 111 cm³/mol. The number of carbonyl (C=O) groups is 1. The average Bonchev–Trinajstić information content (AvgIpc) is 3.15. The molecule has 3 rings (SSSR count). The van der Waals surface area contributed by atoms with Gasteiger partial charge in [0.05, 0.1) is 16.9 Å². The molecule has 0 saturated carbocycles. The molecular weight excluding hydrogens is 451 g/mol. The molecule has 7 nitrogen and oxygen atoms in total. The highest BCUT2D eigenvalue weighted by Gasteiger charge is 2.31. The van der Waals surface area contributed by atoms with E-state index in [1.54, 1.807) is 31.2 Å². The van der Waals surface area contributed by atoms with Gasteiger partial charge >= 0.3 is 6.36 Å². The summed E-state index contributed by atoms with van der Waals surface area (Å²) >= 11 is 2.42. The van der Waals surface area contributed by atoms with Gasteiger partial charge in [0.1, 0.15) is 5.75 Å². The van der Waals surface area contributed by atoms with Crippen LogP contribution in [0.1, 0.15) is 12.5 Å². The molecular formula is C19H14F3N5O2S2. The molecule has 1 unspecified atom stereocenters. The first kappa shape index (κ1) is 22.4. The fourth-order valence-electron chi connectivity index (χ4n) is 2.25. The van der Waals surface area contributed by atoms with Crippen LogP contribution < -0.4 is 15.4 Å². The van der Waals surface area contributed by atoms with E-state index < -0.39 is 11.6 Å². The van der Waals surface area contributed by atoms with E-state index >= 15 is 0 Å². The summed E-state index contributed by atoms with van der Waals surface area (Å²) in [5.41, 5.74) is 1.58. The molecule has 1 amide bonds. The highest BCUT2D eigenvalue weighted by atomic mass is 32.2. The minimum atomic E-state index is -4.75. The maximum absolute atomic E-state index is 12.4. The van der Waals surface area contributed by atoms with Gasteiger partial charge in [-0.15, -0.1) is 23.4 Å². The molecule has 1 aromatic heterocycles. The van der Waals surface area contributed by atoms with E-state index in [9.17, 15) is 18.0 Å². The number of halogens is 3. The standard InChI is InChI=1S/C19H14F3N5O2S2/c1-11(16(28)24-13-4-2-12(10-23)3-5-13)30-18-27-26-17(31-18)25-14-6-8-15(9-7-14)29-19(20,21)22/h2-9,11H,1H3,(H,24,28)(H,25,26). The van der Waals surface area contributed by atoms with Gasteiger partial charge < -0.3 is 15.4 Å². The predicted octanol–water partition coefficient (Wildman–Crippen LogP) is 5.17. The quantitative estimate of drug-likeness (QED) is 0.464. The lowest BCUT2D eigenvalue weighted by atomic mass is 10.2. The molecule has 3 aromatic rings. The Kier molecular flexibility index (Phi) is 6.98. The van der Waals surface area contributed by atoms with Crippen molar-refractivity contribution < 1.29 is 22.7 Å². The first-order chi connectivity index (χ1) is 14.7. The topological polar surface area (TPSA) is 99.9 Å². The van der Waals surface area contributed by atoms with Crippen molar-refractivity contribution in [2.75, 3.05) is 10.6 Å². The molecule has 31 heavy (non-hydrogen) atoms. The minimum absolute atomic E-state index is 0.236. The van der Waals surface area contributed by atoms with E-state index in [1.807, 2.05) is 6.07 Å². The number of hydrogen-bond donors (Lipinski definition) is 2. The van der Waals surface area contributed by atoms with E-state index in [0.717, 1.165) is 0 Å². The number of thioether (sulfide) groups is 1. The van der Waals surface area contributed by atoms with Crippen LogP contribution in [0.4, 0.5) is 29.7 Å². The van der Waals surface area contributed by atoms with Crippen LogP contribution in [0.3, 0.4) is 0 Å². The van der Waals surface area contributed by atoms with Crippen molar-refractivity contribution in [3.05, 3.63) is 54.1 Å². The molecule has 1 heterocycles. The van der Waals surface area contributed by atoms with Gasteiger partial charge in [0.2, 0.25) is 11.0 Å². The zero-order valence-electron chi connectivity index (χ0n) is 15.8. The van der Waals surface area contributed by atoms with Crippen molar-refractivity contribution in [3.8, 4) is 11.8 Å². The number of anilines is 3. The fourth-order valence-corrected chi connectivity index (χ4v) is 4.16. The molecule has 0 aliphatic heterocycles. The maximum Gasteiger partial charge on any atom is 0.573 e. The number of nitrogens with one attached hydrogen (secondary N) is 2. The Morgan fingerprint density at radius 3 is 2.39 bits per heavy atom. The number of aromatic nitrogens is 2. The van der Waals surface area contributed by atoms with Crippen molar-refractivity contribution in [2.24, 2.45) is 0 Å². The van der Waals surface area contributed by atoms with Crippen LogP contribution in [0.15, 0.2) is 52.9 Å². The van der Waals surface area contributed by atoms with Crippen LogP contribution in [-0.2, 0) is 4.79 Å². The fraction of sp³-hybridized carbons (Fsp3) is 0.158. The molecule has 0 bridgehead atoms. The molecule has 0 aliphatic rings. The smallest absolute Gasteiger partial charge is 0.406 e. The summed E-state index contributed by atoms with van der Waals surface area (Å²) < 4.78 is 41.0. The molecule has 2 N–H and O–H groups in total. The van der Waals surface area contributed by atoms with Crippen LogP contribution in [-0.4, -0.2) is 27.7 Å². The van der Waals surface area contributed by atoms with E-state index in [0.29, 0.717) is 26.4 Å². The minimum Gasteiger partial charge on any atom is -0.406 e. The molecule has 1 atom stereocenters. The summed E-state index contributed by atoms with van der Waals surface area (Å²) in [6, 6.07) is 13.7. The van der Waals surface area contributed by atoms with Gasteiger partial charge in [0.25, 0.3) is 0 Å². The molecule has 2 aromatic carbocycles. The summed E-state index contributed by atoms with van der Waals surface area (Å²) in [7, 11) is 0. The van der Waals surface area contributed by atoms with Crippen LogP contribution in [0.25, 0.3) is 0 Å². The molecule has 160 valence electrons. The Balaban J connectivity index is 1.54. The SMILES string of the molecule is CC(Sc1nnc(Nc2ccc(OC(F)(F)F)cc2)s1)C(=O)Nc1ccc(C#N)cc1. The summed E-state index contributed by atoms with van der Waals surface area (Å²) in [4.78, 5) is 12.4. The van der Waals surface area contributed by atoms with E-state index in [4.69, 9.17) is 5.26 Å². The molecule has 12 heteroatoms. The lowest BCUT2D eigenvalue weighted by Crippen LogP contribution is -2.22. The lowest BCUT2D eigenvalue weighted by Gasteiger charge is -2.10. The van der Waals surface area contributed by atoms with Gasteiger partial charge in [-0.2, -0.15) is 5.26 Å². The number of amides is 1. The van der Waals surface area contributed by atoms with Gasteiger partial charge in [-0.3, -0.25) is 4.79 Å². The summed E-state index contributed by atoms with van der Waals surface area (Å²) in [5, 5.41) is 22.4. The zero-order valence-corrected chi connectivity index (χ0v) is 17.4. The molecule has 0 spiro atoms. The Bertz CT molecular complexity index is 1080. The van der Waals surface area contributed by atoms with Crippen LogP contribution in [0.2, 0.25) is 0 Å². The Labute approximate surface area is 183 Å². The second-order valence-corrected chi connectivity index (χ2v) is 8.57. The zero-order chi connectivity index (χ0) is 22.4. The van der Waals surface area contributed by atoms with E-state index in [1.165, 1.54) is 47.4 Å². The number of hydrogen-bond acceptors (Lipinski definition) is 8. The number of rotatable bonds is 7. The summed E-state index contributed by atoms with van der Waals surface area (Å²) in [6.45, 7) is 1.72. The van der Waals surface area contributed by atoms with E-state index in [-0.39, 0.29) is 11.7 Å². The molecule has 0 fully saturated rings. The number of nitrogens with zero attached hydrogens (tertiary/aromatic N) is 3. The highest BCUT2D eigenvalue weighted by Crippen LogP contribution is 2.31.